The van der Waals surface area contributed by atoms with E-state index in [1.165, 1.54) is 90.0 Å². The number of thiophene rings is 5. The van der Waals surface area contributed by atoms with Gasteiger partial charge >= 0.3 is 0 Å². The van der Waals surface area contributed by atoms with Gasteiger partial charge in [-0.3, -0.25) is 9.59 Å². The summed E-state index contributed by atoms with van der Waals surface area (Å²) in [6.45, 7) is 2.26. The lowest BCUT2D eigenvalue weighted by molar-refractivity contribution is 0.111. The molecule has 0 spiro atoms. The molecule has 0 amide bonds. The van der Waals surface area contributed by atoms with Crippen LogP contribution in [0.3, 0.4) is 0 Å². The van der Waals surface area contributed by atoms with E-state index in [1.54, 1.807) is 22.7 Å². The van der Waals surface area contributed by atoms with Gasteiger partial charge in [0, 0.05) is 67.5 Å². The number of rotatable bonds is 16. The molecule has 5 heterocycles. The minimum Gasteiger partial charge on any atom is -0.298 e. The van der Waals surface area contributed by atoms with E-state index in [1.807, 2.05) is 40.1 Å². The van der Waals surface area contributed by atoms with Crippen LogP contribution in [0.5, 0.6) is 0 Å². The molecule has 0 aliphatic rings. The Hall–Kier alpha value is -1.90. The van der Waals surface area contributed by atoms with Crippen molar-refractivity contribution in [2.75, 3.05) is 0 Å². The van der Waals surface area contributed by atoms with E-state index in [2.05, 4.69) is 42.6 Å². The minimum absolute atomic E-state index is 0.799. The first kappa shape index (κ1) is 28.6. The molecule has 0 aliphatic heterocycles. The summed E-state index contributed by atoms with van der Waals surface area (Å²) in [5, 5.41) is 2.08. The Labute approximate surface area is 251 Å². The van der Waals surface area contributed by atoms with Gasteiger partial charge in [0.05, 0.1) is 0 Å². The smallest absolute Gasteiger partial charge is 0.151 e. The van der Waals surface area contributed by atoms with Gasteiger partial charge in [-0.2, -0.15) is 0 Å². The Kier molecular flexibility index (Phi) is 10.4. The molecule has 0 aliphatic carbocycles. The van der Waals surface area contributed by atoms with Gasteiger partial charge in [0.1, 0.15) is 0 Å². The quantitative estimate of drug-likeness (QED) is 0.0822. The van der Waals surface area contributed by atoms with Crippen molar-refractivity contribution < 1.29 is 9.59 Å². The van der Waals surface area contributed by atoms with Gasteiger partial charge in [-0.05, 0) is 48.6 Å². The van der Waals surface area contributed by atoms with Crippen molar-refractivity contribution in [3.05, 3.63) is 77.3 Å². The summed E-state index contributed by atoms with van der Waals surface area (Å²) in [5.74, 6) is 0. The number of unbranched alkanes of at least 4 members (excludes halogenated alkanes) is 7. The third-order valence-corrected chi connectivity index (χ3v) is 12.7. The molecule has 5 aromatic rings. The van der Waals surface area contributed by atoms with Gasteiger partial charge in [-0.1, -0.05) is 57.9 Å². The van der Waals surface area contributed by atoms with Gasteiger partial charge in [0.25, 0.3) is 0 Å². The van der Waals surface area contributed by atoms with E-state index >= 15 is 0 Å². The van der Waals surface area contributed by atoms with Crippen LogP contribution in [0, 0.1) is 0 Å². The van der Waals surface area contributed by atoms with E-state index in [-0.39, 0.29) is 0 Å². The number of carbonyl (C=O) groups excluding carboxylic acids is 2. The fraction of sp³-hybridized carbons (Fsp3) is 0.375. The van der Waals surface area contributed by atoms with Crippen LogP contribution in [-0.2, 0) is 19.3 Å². The molecule has 0 aromatic carbocycles. The second-order valence-electron chi connectivity index (χ2n) is 10.0. The monoisotopic (exact) mass is 610 g/mol. The zero-order chi connectivity index (χ0) is 27.0. The minimum atomic E-state index is 0.799. The van der Waals surface area contributed by atoms with Crippen molar-refractivity contribution in [1.82, 2.24) is 0 Å². The van der Waals surface area contributed by atoms with Crippen molar-refractivity contribution in [2.24, 2.45) is 0 Å². The molecule has 0 unspecified atom stereocenters. The molecule has 0 saturated heterocycles. The van der Waals surface area contributed by atoms with Crippen LogP contribution in [0.15, 0.2) is 41.8 Å². The van der Waals surface area contributed by atoms with Gasteiger partial charge in [-0.25, -0.2) is 0 Å². The molecule has 39 heavy (non-hydrogen) atoms. The van der Waals surface area contributed by atoms with Crippen LogP contribution < -0.4 is 0 Å². The van der Waals surface area contributed by atoms with Crippen molar-refractivity contribution >= 4 is 78.7 Å². The standard InChI is InChI=1S/C32H34O2S5/c1-2-3-4-5-6-7-8-9-11-24-14-22(20-33)28(36-24)16-25-18-31-32(37-25)19-26(38-31)17-29-23(21-34)15-30(39-29)27-12-10-13-35-27/h10,12-15,18-21H,2-9,11,16-17H2,1H3. The van der Waals surface area contributed by atoms with E-state index < -0.39 is 0 Å². The molecule has 0 saturated carbocycles. The molecule has 0 atom stereocenters. The van der Waals surface area contributed by atoms with Gasteiger partial charge in [-0.15, -0.1) is 56.7 Å². The number of hydrogen-bond donors (Lipinski definition) is 0. The third-order valence-electron chi connectivity index (χ3n) is 7.01. The summed E-state index contributed by atoms with van der Waals surface area (Å²) >= 11 is 8.92. The predicted molar refractivity (Wildman–Crippen MR) is 174 cm³/mol. The maximum absolute atomic E-state index is 11.8. The Morgan fingerprint density at radius 3 is 1.87 bits per heavy atom. The first-order valence-corrected chi connectivity index (χ1v) is 18.0. The molecule has 204 valence electrons. The van der Waals surface area contributed by atoms with Crippen molar-refractivity contribution in [1.29, 1.82) is 0 Å². The van der Waals surface area contributed by atoms with E-state index in [0.29, 0.717) is 0 Å². The van der Waals surface area contributed by atoms with Gasteiger partial charge in [0.15, 0.2) is 12.6 Å². The highest BCUT2D eigenvalue weighted by atomic mass is 32.1. The second kappa shape index (κ2) is 14.1. The summed E-state index contributed by atoms with van der Waals surface area (Å²) in [6.07, 6.45) is 15.4. The summed E-state index contributed by atoms with van der Waals surface area (Å²) < 4.78 is 2.60. The molecule has 5 aromatic heterocycles. The van der Waals surface area contributed by atoms with Crippen LogP contribution in [0.2, 0.25) is 0 Å². The lowest BCUT2D eigenvalue weighted by Gasteiger charge is -2.00. The number of aldehydes is 2. The zero-order valence-electron chi connectivity index (χ0n) is 22.3. The first-order valence-electron chi connectivity index (χ1n) is 13.9. The topological polar surface area (TPSA) is 34.1 Å². The summed E-state index contributed by atoms with van der Waals surface area (Å²) in [5.41, 5.74) is 1.68. The number of hydrogen-bond acceptors (Lipinski definition) is 7. The molecule has 0 radical (unpaired) electrons. The summed E-state index contributed by atoms with van der Waals surface area (Å²) in [7, 11) is 0. The van der Waals surface area contributed by atoms with E-state index in [4.69, 9.17) is 0 Å². The summed E-state index contributed by atoms with van der Waals surface area (Å²) in [4.78, 5) is 32.2. The largest absolute Gasteiger partial charge is 0.298 e. The maximum Gasteiger partial charge on any atom is 0.151 e. The Morgan fingerprint density at radius 1 is 0.641 bits per heavy atom. The Bertz CT molecular complexity index is 1460. The fourth-order valence-electron chi connectivity index (χ4n) is 4.94. The highest BCUT2D eigenvalue weighted by molar-refractivity contribution is 7.28. The molecule has 2 nitrogen and oxygen atoms in total. The van der Waals surface area contributed by atoms with E-state index in [9.17, 15) is 9.59 Å². The maximum atomic E-state index is 11.8. The highest BCUT2D eigenvalue weighted by Gasteiger charge is 2.16. The zero-order valence-corrected chi connectivity index (χ0v) is 26.4. The second-order valence-corrected chi connectivity index (χ2v) is 15.7. The molecule has 0 bridgehead atoms. The lowest BCUT2D eigenvalue weighted by Crippen LogP contribution is -1.86. The van der Waals surface area contributed by atoms with Crippen molar-refractivity contribution in [2.45, 2.75) is 77.6 Å². The molecular weight excluding hydrogens is 577 g/mol. The normalized spacial score (nSPS) is 11.5. The molecule has 0 N–H and O–H groups in total. The lowest BCUT2D eigenvalue weighted by atomic mass is 10.1. The Morgan fingerprint density at radius 2 is 1.26 bits per heavy atom. The third kappa shape index (κ3) is 7.44. The molecular formula is C32H34O2S5. The number of carbonyl (C=O) groups is 2. The first-order chi connectivity index (χ1) is 19.2. The fourth-order valence-corrected chi connectivity index (χ4v) is 10.8. The van der Waals surface area contributed by atoms with E-state index in [0.717, 1.165) is 47.8 Å². The average Bonchev–Trinajstić information content (AvgIpc) is 3.75. The number of aryl methyl sites for hydroxylation is 1. The van der Waals surface area contributed by atoms with Crippen molar-refractivity contribution in [3.8, 4) is 9.75 Å². The predicted octanol–water partition coefficient (Wildman–Crippen LogP) is 11.3. The highest BCUT2D eigenvalue weighted by Crippen LogP contribution is 2.39. The summed E-state index contributed by atoms with van der Waals surface area (Å²) in [6, 6.07) is 12.9. The SMILES string of the molecule is CCCCCCCCCCc1cc(C=O)c(Cc2cc3sc(Cc4sc(-c5cccs5)cc4C=O)cc3s2)s1. The van der Waals surface area contributed by atoms with Crippen molar-refractivity contribution in [3.63, 3.8) is 0 Å². The molecule has 5 rings (SSSR count). The van der Waals surface area contributed by atoms with Crippen LogP contribution >= 0.6 is 56.7 Å². The van der Waals surface area contributed by atoms with Gasteiger partial charge in [0.2, 0.25) is 0 Å². The van der Waals surface area contributed by atoms with Crippen LogP contribution in [0.4, 0.5) is 0 Å². The molecule has 7 heteroatoms. The van der Waals surface area contributed by atoms with Crippen LogP contribution in [-0.4, -0.2) is 12.6 Å². The number of fused-ring (bicyclic) bond motifs is 1. The van der Waals surface area contributed by atoms with Crippen LogP contribution in [0.25, 0.3) is 19.2 Å². The van der Waals surface area contributed by atoms with Gasteiger partial charge < -0.3 is 0 Å². The van der Waals surface area contributed by atoms with Crippen LogP contribution in [0.1, 0.15) is 103 Å². The average molecular weight is 611 g/mol. The Balaban J connectivity index is 1.18. The molecule has 0 fully saturated rings.